The second kappa shape index (κ2) is 14.7. The number of carbonyl (C=O) groups is 2. The number of hydrogen-bond donors (Lipinski definition) is 2. The van der Waals surface area contributed by atoms with Gasteiger partial charge in [-0.15, -0.1) is 0 Å². The molecule has 0 saturated heterocycles. The Morgan fingerprint density at radius 3 is 2.51 bits per heavy atom. The number of hydrogen-bond acceptors (Lipinski definition) is 11. The summed E-state index contributed by atoms with van der Waals surface area (Å²) in [6, 6.07) is 0. The van der Waals surface area contributed by atoms with Crippen LogP contribution < -0.4 is 10.8 Å². The highest BCUT2D eigenvalue weighted by molar-refractivity contribution is 7.56. The molecule has 2 rings (SSSR count). The van der Waals surface area contributed by atoms with Crippen LogP contribution in [-0.2, 0) is 39.4 Å². The first-order valence-corrected chi connectivity index (χ1v) is 15.1. The molecule has 2 aromatic rings. The number of nitrogen functional groups attached to an aromatic ring is 1. The lowest BCUT2D eigenvalue weighted by Gasteiger charge is -2.31. The van der Waals surface area contributed by atoms with Crippen LogP contribution in [0.25, 0.3) is 11.2 Å². The van der Waals surface area contributed by atoms with Gasteiger partial charge in [0.05, 0.1) is 31.7 Å². The molecule has 13 nitrogen and oxygen atoms in total. The van der Waals surface area contributed by atoms with Crippen LogP contribution in [0.1, 0.15) is 74.1 Å². The maximum atomic E-state index is 14.0. The molecule has 3 N–H and O–H groups in total. The normalized spacial score (nSPS) is 15.2. The standard InChI is InChI=1S/C25H43N6O7P/c1-8-9-10-11-12-35-24(33)25(6,7)30-39(34,38-19(5)23(32)37-17(2)3)16-36-18(4)13-31-15-29-20-21(26)27-14-28-22(20)31/h14-15,17-19H,8-13,16H2,1-7H3,(H,30,34)(H2,26,27,28)/t18-,19-,39-/m1/s1. The van der Waals surface area contributed by atoms with Crippen LogP contribution in [0.3, 0.4) is 0 Å². The number of nitrogens with zero attached hydrogens (tertiary/aromatic N) is 4. The van der Waals surface area contributed by atoms with Gasteiger partial charge in [-0.1, -0.05) is 26.2 Å². The van der Waals surface area contributed by atoms with Gasteiger partial charge < -0.3 is 29.0 Å². The Bertz CT molecular complexity index is 1140. The van der Waals surface area contributed by atoms with E-state index in [1.165, 1.54) is 13.3 Å². The second-order valence-corrected chi connectivity index (χ2v) is 12.3. The van der Waals surface area contributed by atoms with Crippen LogP contribution in [0.4, 0.5) is 5.82 Å². The lowest BCUT2D eigenvalue weighted by Crippen LogP contribution is -2.47. The van der Waals surface area contributed by atoms with Gasteiger partial charge in [-0.3, -0.25) is 9.36 Å². The lowest BCUT2D eigenvalue weighted by molar-refractivity contribution is -0.155. The minimum Gasteiger partial charge on any atom is -0.464 e. The molecule has 0 unspecified atom stereocenters. The van der Waals surface area contributed by atoms with Crippen molar-refractivity contribution in [1.82, 2.24) is 24.6 Å². The number of rotatable bonds is 17. The third-order valence-electron chi connectivity index (χ3n) is 5.62. The minimum absolute atomic E-state index is 0.257. The fourth-order valence-corrected chi connectivity index (χ4v) is 5.82. The number of nitrogens with one attached hydrogen (secondary N) is 1. The Kier molecular flexibility index (Phi) is 12.3. The zero-order valence-corrected chi connectivity index (χ0v) is 24.9. The number of anilines is 1. The summed E-state index contributed by atoms with van der Waals surface area (Å²) >= 11 is 0. The minimum atomic E-state index is -3.94. The maximum absolute atomic E-state index is 14.0. The molecule has 0 aliphatic carbocycles. The van der Waals surface area contributed by atoms with E-state index in [1.807, 2.05) is 0 Å². The molecule has 14 heteroatoms. The van der Waals surface area contributed by atoms with E-state index in [0.29, 0.717) is 17.7 Å². The summed E-state index contributed by atoms with van der Waals surface area (Å²) in [5.74, 6) is -1.01. The summed E-state index contributed by atoms with van der Waals surface area (Å²) in [7, 11) is -3.94. The summed E-state index contributed by atoms with van der Waals surface area (Å²) in [6.45, 7) is 12.3. The maximum Gasteiger partial charge on any atom is 0.335 e. The highest BCUT2D eigenvalue weighted by atomic mass is 31.2. The van der Waals surface area contributed by atoms with Crippen LogP contribution in [0.2, 0.25) is 0 Å². The zero-order valence-electron chi connectivity index (χ0n) is 24.0. The van der Waals surface area contributed by atoms with E-state index in [2.05, 4.69) is 27.0 Å². The first-order valence-electron chi connectivity index (χ1n) is 13.3. The fraction of sp³-hybridized carbons (Fsp3) is 0.720. The topological polar surface area (TPSA) is 170 Å². The van der Waals surface area contributed by atoms with Gasteiger partial charge in [-0.05, 0) is 48.0 Å². The lowest BCUT2D eigenvalue weighted by atomic mass is 10.1. The van der Waals surface area contributed by atoms with E-state index in [-0.39, 0.29) is 18.5 Å². The van der Waals surface area contributed by atoms with Gasteiger partial charge in [0.15, 0.2) is 17.6 Å². The van der Waals surface area contributed by atoms with Crippen molar-refractivity contribution in [1.29, 1.82) is 0 Å². The summed E-state index contributed by atoms with van der Waals surface area (Å²) in [5, 5.41) is 2.78. The highest BCUT2D eigenvalue weighted by Crippen LogP contribution is 2.46. The third kappa shape index (κ3) is 10.1. The van der Waals surface area contributed by atoms with Gasteiger partial charge in [0.25, 0.3) is 7.52 Å². The van der Waals surface area contributed by atoms with E-state index >= 15 is 0 Å². The van der Waals surface area contributed by atoms with Gasteiger partial charge in [0, 0.05) is 0 Å². The average Bonchev–Trinajstić information content (AvgIpc) is 3.25. The molecule has 0 spiro atoms. The Morgan fingerprint density at radius 1 is 1.13 bits per heavy atom. The SMILES string of the molecule is CCCCCCOC(=O)C(C)(C)N[P@@](=O)(CO[C@H](C)Cn1cnc2c(N)ncnc21)O[C@H](C)C(=O)OC(C)C. The van der Waals surface area contributed by atoms with Gasteiger partial charge in [0.2, 0.25) is 0 Å². The van der Waals surface area contributed by atoms with E-state index in [0.717, 1.165) is 25.7 Å². The second-order valence-electron chi connectivity index (χ2n) is 10.3. The predicted octanol–water partition coefficient (Wildman–Crippen LogP) is 3.81. The number of ether oxygens (including phenoxy) is 3. The summed E-state index contributed by atoms with van der Waals surface area (Å²) < 4.78 is 37.9. The number of fused-ring (bicyclic) bond motifs is 1. The zero-order chi connectivity index (χ0) is 29.2. The van der Waals surface area contributed by atoms with Crippen molar-refractivity contribution >= 4 is 36.4 Å². The molecule has 0 aromatic carbocycles. The molecular formula is C25H43N6O7P. The monoisotopic (exact) mass is 570 g/mol. The smallest absolute Gasteiger partial charge is 0.335 e. The average molecular weight is 571 g/mol. The molecule has 2 aromatic heterocycles. The van der Waals surface area contributed by atoms with Crippen LogP contribution in [0.5, 0.6) is 0 Å². The van der Waals surface area contributed by atoms with Gasteiger partial charge >= 0.3 is 11.9 Å². The van der Waals surface area contributed by atoms with Crippen LogP contribution in [0, 0.1) is 0 Å². The Balaban J connectivity index is 2.12. The molecule has 0 bridgehead atoms. The van der Waals surface area contributed by atoms with E-state index in [9.17, 15) is 14.2 Å². The first kappa shape index (κ1) is 32.6. The molecule has 0 aliphatic rings. The van der Waals surface area contributed by atoms with Gasteiger partial charge in [-0.2, -0.15) is 0 Å². The van der Waals surface area contributed by atoms with Crippen LogP contribution in [0.15, 0.2) is 12.7 Å². The number of imidazole rings is 1. The molecule has 0 radical (unpaired) electrons. The molecular weight excluding hydrogens is 527 g/mol. The van der Waals surface area contributed by atoms with Crippen molar-refractivity contribution in [2.24, 2.45) is 0 Å². The van der Waals surface area contributed by atoms with Crippen molar-refractivity contribution in [2.45, 2.75) is 105 Å². The molecule has 220 valence electrons. The molecule has 0 aliphatic heterocycles. The first-order chi connectivity index (χ1) is 18.3. The Morgan fingerprint density at radius 2 is 1.85 bits per heavy atom. The third-order valence-corrected chi connectivity index (χ3v) is 7.66. The Hall–Kier alpha value is -2.60. The largest absolute Gasteiger partial charge is 0.464 e. The molecule has 3 atom stereocenters. The van der Waals surface area contributed by atoms with Crippen molar-refractivity contribution in [3.8, 4) is 0 Å². The highest BCUT2D eigenvalue weighted by Gasteiger charge is 2.40. The van der Waals surface area contributed by atoms with E-state index in [4.69, 9.17) is 24.5 Å². The summed E-state index contributed by atoms with van der Waals surface area (Å²) in [4.78, 5) is 37.6. The number of aromatic nitrogens is 4. The quantitative estimate of drug-likeness (QED) is 0.160. The van der Waals surface area contributed by atoms with Crippen LogP contribution >= 0.6 is 7.52 Å². The fourth-order valence-electron chi connectivity index (χ4n) is 3.65. The molecule has 0 amide bonds. The summed E-state index contributed by atoms with van der Waals surface area (Å²) in [6.07, 6.45) is 4.25. The van der Waals surface area contributed by atoms with E-state index < -0.39 is 43.6 Å². The summed E-state index contributed by atoms with van der Waals surface area (Å²) in [5.41, 5.74) is 5.47. The predicted molar refractivity (Wildman–Crippen MR) is 147 cm³/mol. The van der Waals surface area contributed by atoms with Crippen molar-refractivity contribution in [3.05, 3.63) is 12.7 Å². The van der Waals surface area contributed by atoms with E-state index in [1.54, 1.807) is 45.5 Å². The molecule has 0 fully saturated rings. The van der Waals surface area contributed by atoms with Gasteiger partial charge in [-0.25, -0.2) is 24.8 Å². The number of unbranched alkanes of at least 4 members (excludes halogenated alkanes) is 3. The van der Waals surface area contributed by atoms with Crippen LogP contribution in [-0.4, -0.2) is 68.3 Å². The molecule has 39 heavy (non-hydrogen) atoms. The Labute approximate surface area is 230 Å². The van der Waals surface area contributed by atoms with Crippen molar-refractivity contribution < 1.29 is 32.9 Å². The molecule has 2 heterocycles. The number of nitrogens with two attached hydrogens (primary N) is 1. The van der Waals surface area contributed by atoms with Crippen molar-refractivity contribution in [3.63, 3.8) is 0 Å². The number of esters is 2. The number of carbonyl (C=O) groups excluding carboxylic acids is 2. The van der Waals surface area contributed by atoms with Gasteiger partial charge in [0.1, 0.15) is 23.7 Å². The van der Waals surface area contributed by atoms with Crippen molar-refractivity contribution in [2.75, 3.05) is 18.7 Å². The molecule has 0 saturated carbocycles.